The Morgan fingerprint density at radius 3 is 2.27 bits per heavy atom. The lowest BCUT2D eigenvalue weighted by Crippen LogP contribution is -2.55. The van der Waals surface area contributed by atoms with Gasteiger partial charge in [0, 0.05) is 12.1 Å². The van der Waals surface area contributed by atoms with Crippen LogP contribution in [0.4, 0.5) is 4.79 Å². The van der Waals surface area contributed by atoms with Crippen LogP contribution in [-0.4, -0.2) is 58.5 Å². The van der Waals surface area contributed by atoms with Crippen LogP contribution in [0.25, 0.3) is 6.08 Å². The molecule has 0 radical (unpaired) electrons. The van der Waals surface area contributed by atoms with E-state index in [1.54, 1.807) is 43.5 Å². The summed E-state index contributed by atoms with van der Waals surface area (Å²) < 4.78 is 5.48. The van der Waals surface area contributed by atoms with Gasteiger partial charge < -0.3 is 20.3 Å². The molecule has 0 aliphatic heterocycles. The van der Waals surface area contributed by atoms with Gasteiger partial charge in [-0.3, -0.25) is 9.59 Å². The zero-order chi connectivity index (χ0) is 30.3. The third-order valence-corrected chi connectivity index (χ3v) is 6.80. The zero-order valence-corrected chi connectivity index (χ0v) is 26.9. The van der Waals surface area contributed by atoms with Crippen LogP contribution in [0.5, 0.6) is 0 Å². The van der Waals surface area contributed by atoms with Gasteiger partial charge in [-0.2, -0.15) is 11.8 Å². The molecule has 2 N–H and O–H groups in total. The second kappa shape index (κ2) is 17.4. The van der Waals surface area contributed by atoms with Crippen LogP contribution in [0.3, 0.4) is 0 Å². The number of amides is 3. The number of ether oxygens (including phenoxy) is 1. The monoisotopic (exact) mass is 575 g/mol. The summed E-state index contributed by atoms with van der Waals surface area (Å²) in [5.41, 5.74) is 0.381. The summed E-state index contributed by atoms with van der Waals surface area (Å²) in [6.45, 7) is 17.6. The van der Waals surface area contributed by atoms with Crippen LogP contribution in [0.2, 0.25) is 0 Å². The van der Waals surface area contributed by atoms with Crippen molar-refractivity contribution in [3.63, 3.8) is 0 Å². The first-order valence-corrected chi connectivity index (χ1v) is 15.9. The molecule has 0 heterocycles. The minimum absolute atomic E-state index is 0.256. The number of thioether (sulfide) groups is 1. The molecule has 8 heteroatoms. The van der Waals surface area contributed by atoms with Crippen molar-refractivity contribution in [2.24, 2.45) is 0 Å². The third-order valence-electron chi connectivity index (χ3n) is 6.16. The first-order valence-electron chi connectivity index (χ1n) is 14.6. The summed E-state index contributed by atoms with van der Waals surface area (Å²) in [4.78, 5) is 42.6. The lowest BCUT2D eigenvalue weighted by molar-refractivity contribution is -0.143. The molecule has 0 spiro atoms. The first-order chi connectivity index (χ1) is 18.7. The van der Waals surface area contributed by atoms with Crippen molar-refractivity contribution in [3.8, 4) is 0 Å². The van der Waals surface area contributed by atoms with Gasteiger partial charge in [0.15, 0.2) is 0 Å². The van der Waals surface area contributed by atoms with E-state index in [0.717, 1.165) is 37.7 Å². The number of unbranched alkanes of at least 4 members (excludes halogenated alkanes) is 5. The zero-order valence-electron chi connectivity index (χ0n) is 26.1. The maximum atomic E-state index is 14.3. The molecule has 0 aliphatic rings. The molecule has 3 amide bonds. The number of hydrogen-bond acceptors (Lipinski definition) is 5. The predicted octanol–water partition coefficient (Wildman–Crippen LogP) is 7.12. The van der Waals surface area contributed by atoms with Crippen LogP contribution in [0, 0.1) is 0 Å². The quantitative estimate of drug-likeness (QED) is 0.205. The minimum atomic E-state index is -0.862. The van der Waals surface area contributed by atoms with Crippen molar-refractivity contribution in [1.82, 2.24) is 15.5 Å². The molecular formula is C32H53N3O4S. The van der Waals surface area contributed by atoms with E-state index in [1.165, 1.54) is 6.42 Å². The molecule has 0 aliphatic carbocycles. The van der Waals surface area contributed by atoms with Gasteiger partial charge in [-0.25, -0.2) is 4.79 Å². The molecule has 1 rings (SSSR count). The van der Waals surface area contributed by atoms with E-state index in [9.17, 15) is 14.4 Å². The number of carbonyl (C=O) groups is 3. The number of carbonyl (C=O) groups excluding carboxylic acids is 3. The number of rotatable bonds is 16. The Morgan fingerprint density at radius 1 is 1.05 bits per heavy atom. The highest BCUT2D eigenvalue weighted by atomic mass is 32.2. The Bertz CT molecular complexity index is 952. The van der Waals surface area contributed by atoms with Crippen LogP contribution in [-0.2, 0) is 14.3 Å². The molecule has 0 fully saturated rings. The summed E-state index contributed by atoms with van der Waals surface area (Å²) in [5, 5.41) is 5.90. The topological polar surface area (TPSA) is 87.7 Å². The van der Waals surface area contributed by atoms with Crippen molar-refractivity contribution < 1.29 is 19.1 Å². The van der Waals surface area contributed by atoms with Gasteiger partial charge in [0.05, 0.1) is 0 Å². The van der Waals surface area contributed by atoms with E-state index in [-0.39, 0.29) is 11.8 Å². The van der Waals surface area contributed by atoms with Crippen LogP contribution < -0.4 is 10.6 Å². The lowest BCUT2D eigenvalue weighted by Gasteiger charge is -2.36. The fourth-order valence-electron chi connectivity index (χ4n) is 4.34. The Hall–Kier alpha value is -2.48. The Labute approximate surface area is 247 Å². The summed E-state index contributed by atoms with van der Waals surface area (Å²) in [5.74, 6) is 0.127. The number of nitrogens with one attached hydrogen (secondary N) is 2. The normalized spacial score (nSPS) is 13.2. The van der Waals surface area contributed by atoms with Gasteiger partial charge in [0.25, 0.3) is 0 Å². The Morgan fingerprint density at radius 2 is 1.70 bits per heavy atom. The number of hydrogen-bond donors (Lipinski definition) is 2. The SMILES string of the molecule is C=Cc1cccc(C(C(=O)NC(C)(C)C)N(CCCCCCCC)C(=O)C(CCSC)NC(=O)OC(C)(C)C)c1. The first kappa shape index (κ1) is 35.5. The largest absolute Gasteiger partial charge is 0.444 e. The molecule has 0 bridgehead atoms. The van der Waals surface area contributed by atoms with E-state index in [2.05, 4.69) is 24.1 Å². The van der Waals surface area contributed by atoms with E-state index >= 15 is 0 Å². The maximum absolute atomic E-state index is 14.3. The Kier molecular flexibility index (Phi) is 15.4. The molecular weight excluding hydrogens is 522 g/mol. The van der Waals surface area contributed by atoms with Crippen molar-refractivity contribution >= 4 is 35.7 Å². The van der Waals surface area contributed by atoms with Gasteiger partial charge in [-0.1, -0.05) is 69.9 Å². The van der Waals surface area contributed by atoms with E-state index in [0.29, 0.717) is 24.3 Å². The average Bonchev–Trinajstić information content (AvgIpc) is 2.85. The summed E-state index contributed by atoms with van der Waals surface area (Å²) in [6, 6.07) is 5.88. The molecule has 2 unspecified atom stereocenters. The van der Waals surface area contributed by atoms with Gasteiger partial charge in [-0.05, 0) is 83.6 Å². The second-order valence-electron chi connectivity index (χ2n) is 12.3. The predicted molar refractivity (Wildman–Crippen MR) is 168 cm³/mol. The summed E-state index contributed by atoms with van der Waals surface area (Å²) >= 11 is 1.60. The fraction of sp³-hybridized carbons (Fsp3) is 0.656. The second-order valence-corrected chi connectivity index (χ2v) is 13.3. The standard InChI is InChI=1S/C32H53N3O4S/c1-10-12-13-14-15-16-21-35(29(37)26(20-22-40-9)33-30(38)39-32(6,7)8)27(28(36)34-31(3,4)5)25-19-17-18-24(11-2)23-25/h11,17-19,23,26-27H,2,10,12-16,20-22H2,1,3-9H3,(H,33,38)(H,34,36). The van der Waals surface area contributed by atoms with Crippen molar-refractivity contribution in [2.45, 2.75) is 117 Å². The summed E-state index contributed by atoms with van der Waals surface area (Å²) in [7, 11) is 0. The lowest BCUT2D eigenvalue weighted by atomic mass is 9.98. The average molecular weight is 576 g/mol. The molecule has 1 aromatic rings. The van der Waals surface area contributed by atoms with Crippen molar-refractivity contribution in [2.75, 3.05) is 18.6 Å². The number of alkyl carbamates (subject to hydrolysis) is 1. The van der Waals surface area contributed by atoms with Gasteiger partial charge in [0.2, 0.25) is 11.8 Å². The van der Waals surface area contributed by atoms with Gasteiger partial charge in [0.1, 0.15) is 17.7 Å². The highest BCUT2D eigenvalue weighted by Gasteiger charge is 2.37. The smallest absolute Gasteiger partial charge is 0.408 e. The molecule has 0 saturated carbocycles. The molecule has 7 nitrogen and oxygen atoms in total. The molecule has 1 aromatic carbocycles. The maximum Gasteiger partial charge on any atom is 0.408 e. The fourth-order valence-corrected chi connectivity index (χ4v) is 4.81. The van der Waals surface area contributed by atoms with Crippen LogP contribution >= 0.6 is 11.8 Å². The van der Waals surface area contributed by atoms with Gasteiger partial charge in [-0.15, -0.1) is 0 Å². The molecule has 2 atom stereocenters. The minimum Gasteiger partial charge on any atom is -0.444 e. The van der Waals surface area contributed by atoms with Crippen LogP contribution in [0.1, 0.15) is 111 Å². The highest BCUT2D eigenvalue weighted by Crippen LogP contribution is 2.26. The highest BCUT2D eigenvalue weighted by molar-refractivity contribution is 7.98. The molecule has 40 heavy (non-hydrogen) atoms. The molecule has 226 valence electrons. The van der Waals surface area contributed by atoms with Crippen molar-refractivity contribution in [3.05, 3.63) is 42.0 Å². The van der Waals surface area contributed by atoms with E-state index in [4.69, 9.17) is 4.74 Å². The molecule has 0 aromatic heterocycles. The number of benzene rings is 1. The molecule has 0 saturated heterocycles. The van der Waals surface area contributed by atoms with E-state index < -0.39 is 29.3 Å². The van der Waals surface area contributed by atoms with Gasteiger partial charge >= 0.3 is 6.09 Å². The Balaban J connectivity index is 3.51. The third kappa shape index (κ3) is 13.7. The van der Waals surface area contributed by atoms with E-state index in [1.807, 2.05) is 51.3 Å². The summed E-state index contributed by atoms with van der Waals surface area (Å²) in [6.07, 6.45) is 9.76. The van der Waals surface area contributed by atoms with Crippen LogP contribution in [0.15, 0.2) is 30.8 Å². The number of nitrogens with zero attached hydrogens (tertiary/aromatic N) is 1. The van der Waals surface area contributed by atoms with Crippen molar-refractivity contribution in [1.29, 1.82) is 0 Å².